The van der Waals surface area contributed by atoms with Crippen LogP contribution in [0.15, 0.2) is 4.99 Å². The lowest BCUT2D eigenvalue weighted by Gasteiger charge is -2.16. The highest BCUT2D eigenvalue weighted by Gasteiger charge is 2.42. The smallest absolute Gasteiger partial charge is 0.186 e. The zero-order chi connectivity index (χ0) is 12.3. The van der Waals surface area contributed by atoms with Crippen molar-refractivity contribution in [3.05, 3.63) is 0 Å². The summed E-state index contributed by atoms with van der Waals surface area (Å²) in [6.45, 7) is 1.44. The minimum absolute atomic E-state index is 0.0285. The summed E-state index contributed by atoms with van der Waals surface area (Å²) in [4.78, 5) is 3.89. The predicted octanol–water partition coefficient (Wildman–Crippen LogP) is -2.48. The summed E-state index contributed by atoms with van der Waals surface area (Å²) in [6.07, 6.45) is -3.01. The van der Waals surface area contributed by atoms with Gasteiger partial charge in [0.25, 0.3) is 0 Å². The number of aliphatic imine (C=N–C) groups is 1. The van der Waals surface area contributed by atoms with E-state index in [1.165, 1.54) is 0 Å². The lowest BCUT2D eigenvalue weighted by Crippen LogP contribution is -2.34. The fraction of sp³-hybridized carbons (Fsp3) is 0.889. The molecule has 0 radical (unpaired) electrons. The Bertz CT molecular complexity index is 257. The van der Waals surface area contributed by atoms with Crippen LogP contribution < -0.4 is 11.5 Å². The summed E-state index contributed by atoms with van der Waals surface area (Å²) < 4.78 is 5.29. The normalized spacial score (nSPS) is 36.0. The van der Waals surface area contributed by atoms with Crippen molar-refractivity contribution in [2.45, 2.75) is 43.8 Å². The Hall–Kier alpha value is -0.890. The standard InChI is InChI=1S/C9H19N3O4/c1-4(12-9(10)11)2-5-7(14)8(15)6(3-13)16-5/h4-8,13-15H,2-3H2,1H3,(H4,10,11,12)/t4?,5-,6+,7-,8+/m0/s1. The van der Waals surface area contributed by atoms with E-state index in [-0.39, 0.29) is 18.6 Å². The van der Waals surface area contributed by atoms with Gasteiger partial charge < -0.3 is 31.5 Å². The molecule has 16 heavy (non-hydrogen) atoms. The quantitative estimate of drug-likeness (QED) is 0.269. The number of guanidine groups is 1. The molecule has 7 N–H and O–H groups in total. The topological polar surface area (TPSA) is 134 Å². The van der Waals surface area contributed by atoms with E-state index in [4.69, 9.17) is 21.3 Å². The van der Waals surface area contributed by atoms with Crippen LogP contribution in [0.5, 0.6) is 0 Å². The van der Waals surface area contributed by atoms with Gasteiger partial charge in [-0.2, -0.15) is 0 Å². The van der Waals surface area contributed by atoms with Crippen molar-refractivity contribution in [3.8, 4) is 0 Å². The average Bonchev–Trinajstić information content (AvgIpc) is 2.44. The van der Waals surface area contributed by atoms with Crippen molar-refractivity contribution in [1.29, 1.82) is 0 Å². The highest BCUT2D eigenvalue weighted by atomic mass is 16.6. The Kier molecular flexibility index (Phi) is 4.48. The van der Waals surface area contributed by atoms with E-state index in [0.29, 0.717) is 6.42 Å². The van der Waals surface area contributed by atoms with E-state index in [1.807, 2.05) is 0 Å². The van der Waals surface area contributed by atoms with Crippen LogP contribution in [-0.4, -0.2) is 58.3 Å². The summed E-state index contributed by atoms with van der Waals surface area (Å²) in [7, 11) is 0. The first-order chi connectivity index (χ1) is 7.45. The third kappa shape index (κ3) is 3.05. The maximum Gasteiger partial charge on any atom is 0.186 e. The van der Waals surface area contributed by atoms with Crippen LogP contribution in [0.4, 0.5) is 0 Å². The molecule has 7 heteroatoms. The number of rotatable bonds is 4. The summed E-state index contributed by atoms with van der Waals surface area (Å²) in [6, 6.07) is -0.214. The number of hydrogen-bond donors (Lipinski definition) is 5. The second-order valence-electron chi connectivity index (χ2n) is 4.02. The Morgan fingerprint density at radius 2 is 1.88 bits per heavy atom. The maximum absolute atomic E-state index is 9.64. The third-order valence-electron chi connectivity index (χ3n) is 2.58. The first kappa shape index (κ1) is 13.2. The maximum atomic E-state index is 9.64. The minimum Gasteiger partial charge on any atom is -0.394 e. The molecular weight excluding hydrogens is 214 g/mol. The molecule has 5 atom stereocenters. The van der Waals surface area contributed by atoms with Gasteiger partial charge in [-0.05, 0) is 13.3 Å². The van der Waals surface area contributed by atoms with Crippen LogP contribution in [0.1, 0.15) is 13.3 Å². The monoisotopic (exact) mass is 233 g/mol. The van der Waals surface area contributed by atoms with Gasteiger partial charge in [0.2, 0.25) is 0 Å². The molecule has 1 saturated heterocycles. The first-order valence-corrected chi connectivity index (χ1v) is 5.17. The molecule has 1 fully saturated rings. The zero-order valence-electron chi connectivity index (χ0n) is 9.15. The third-order valence-corrected chi connectivity index (χ3v) is 2.58. The van der Waals surface area contributed by atoms with Crippen molar-refractivity contribution in [1.82, 2.24) is 0 Å². The number of hydrogen-bond acceptors (Lipinski definition) is 5. The molecule has 7 nitrogen and oxygen atoms in total. The Labute approximate surface area is 93.7 Å². The highest BCUT2D eigenvalue weighted by molar-refractivity contribution is 5.75. The van der Waals surface area contributed by atoms with E-state index in [2.05, 4.69) is 4.99 Å². The van der Waals surface area contributed by atoms with Gasteiger partial charge in [-0.3, -0.25) is 4.99 Å². The van der Waals surface area contributed by atoms with Crippen LogP contribution >= 0.6 is 0 Å². The van der Waals surface area contributed by atoms with E-state index in [0.717, 1.165) is 0 Å². The van der Waals surface area contributed by atoms with Crippen molar-refractivity contribution in [3.63, 3.8) is 0 Å². The van der Waals surface area contributed by atoms with Gasteiger partial charge in [0, 0.05) is 0 Å². The van der Waals surface area contributed by atoms with E-state index >= 15 is 0 Å². The van der Waals surface area contributed by atoms with Crippen LogP contribution in [0.2, 0.25) is 0 Å². The van der Waals surface area contributed by atoms with Gasteiger partial charge in [0.15, 0.2) is 5.96 Å². The number of nitrogens with zero attached hydrogens (tertiary/aromatic N) is 1. The fourth-order valence-corrected chi connectivity index (χ4v) is 1.81. The van der Waals surface area contributed by atoms with Crippen LogP contribution in [0, 0.1) is 0 Å². The molecule has 0 amide bonds. The summed E-state index contributed by atoms with van der Waals surface area (Å²) in [5.41, 5.74) is 10.4. The molecule has 0 aromatic heterocycles. The molecule has 0 aromatic carbocycles. The Morgan fingerprint density at radius 3 is 2.31 bits per heavy atom. The van der Waals surface area contributed by atoms with Gasteiger partial charge >= 0.3 is 0 Å². The molecule has 1 aliphatic heterocycles. The summed E-state index contributed by atoms with van der Waals surface area (Å²) >= 11 is 0. The molecule has 0 aliphatic carbocycles. The molecule has 1 aliphatic rings. The first-order valence-electron chi connectivity index (χ1n) is 5.17. The lowest BCUT2D eigenvalue weighted by molar-refractivity contribution is -0.0252. The van der Waals surface area contributed by atoms with Crippen LogP contribution in [0.3, 0.4) is 0 Å². The van der Waals surface area contributed by atoms with Crippen molar-refractivity contribution in [2.75, 3.05) is 6.61 Å². The van der Waals surface area contributed by atoms with Gasteiger partial charge in [-0.25, -0.2) is 0 Å². The lowest BCUT2D eigenvalue weighted by atomic mass is 10.0. The highest BCUT2D eigenvalue weighted by Crippen LogP contribution is 2.24. The Morgan fingerprint density at radius 1 is 1.31 bits per heavy atom. The minimum atomic E-state index is -1.07. The molecule has 1 rings (SSSR count). The van der Waals surface area contributed by atoms with E-state index in [9.17, 15) is 10.2 Å². The molecule has 94 valence electrons. The second-order valence-corrected chi connectivity index (χ2v) is 4.02. The predicted molar refractivity (Wildman–Crippen MR) is 57.6 cm³/mol. The zero-order valence-corrected chi connectivity index (χ0v) is 9.15. The number of aliphatic hydroxyl groups is 3. The molecule has 1 unspecified atom stereocenters. The van der Waals surface area contributed by atoms with Gasteiger partial charge in [0.05, 0.1) is 18.8 Å². The summed E-state index contributed by atoms with van der Waals surface area (Å²) in [5, 5.41) is 28.0. The summed E-state index contributed by atoms with van der Waals surface area (Å²) in [5.74, 6) is -0.0285. The molecule has 0 aromatic rings. The van der Waals surface area contributed by atoms with Gasteiger partial charge in [0.1, 0.15) is 18.3 Å². The van der Waals surface area contributed by atoms with Crippen molar-refractivity contribution < 1.29 is 20.1 Å². The second kappa shape index (κ2) is 5.44. The number of ether oxygens (including phenoxy) is 1. The van der Waals surface area contributed by atoms with E-state index < -0.39 is 24.4 Å². The van der Waals surface area contributed by atoms with Crippen molar-refractivity contribution in [2.24, 2.45) is 16.5 Å². The van der Waals surface area contributed by atoms with E-state index in [1.54, 1.807) is 6.92 Å². The number of nitrogens with two attached hydrogens (primary N) is 2. The Balaban J connectivity index is 2.53. The largest absolute Gasteiger partial charge is 0.394 e. The molecule has 1 heterocycles. The van der Waals surface area contributed by atoms with Crippen LogP contribution in [0.25, 0.3) is 0 Å². The fourth-order valence-electron chi connectivity index (χ4n) is 1.81. The number of aliphatic hydroxyl groups excluding tert-OH is 3. The van der Waals surface area contributed by atoms with Crippen molar-refractivity contribution >= 4 is 5.96 Å². The van der Waals surface area contributed by atoms with Gasteiger partial charge in [-0.15, -0.1) is 0 Å². The molecule has 0 saturated carbocycles. The molecule has 0 spiro atoms. The van der Waals surface area contributed by atoms with Gasteiger partial charge in [-0.1, -0.05) is 0 Å². The average molecular weight is 233 g/mol. The molecule has 0 bridgehead atoms. The van der Waals surface area contributed by atoms with Crippen LogP contribution in [-0.2, 0) is 4.74 Å². The SMILES string of the molecule is CC(C[C@@H]1O[C@H](CO)[C@@H](O)[C@H]1O)N=C(N)N. The molecular formula is C9H19N3O4.